The first-order valence-corrected chi connectivity index (χ1v) is 7.80. The molecule has 0 spiro atoms. The summed E-state index contributed by atoms with van der Waals surface area (Å²) in [5.74, 6) is 0.877. The Labute approximate surface area is 142 Å². The molecule has 8 nitrogen and oxygen atoms in total. The van der Waals surface area contributed by atoms with Crippen LogP contribution in [0.4, 0.5) is 16.2 Å². The molecular weight excluding hydrogens is 334 g/mol. The molecule has 1 saturated heterocycles. The number of nitrogens with zero attached hydrogens (tertiary/aromatic N) is 5. The van der Waals surface area contributed by atoms with Crippen molar-refractivity contribution in [3.63, 3.8) is 0 Å². The van der Waals surface area contributed by atoms with Crippen molar-refractivity contribution in [2.45, 2.75) is 6.04 Å². The molecule has 4 rings (SSSR count). The Morgan fingerprint density at radius 3 is 2.79 bits per heavy atom. The monoisotopic (exact) mass is 347 g/mol. The third-order valence-electron chi connectivity index (χ3n) is 4.45. The molecule has 1 aromatic carbocycles. The highest BCUT2D eigenvalue weighted by Crippen LogP contribution is 2.37. The number of amides is 2. The third kappa shape index (κ3) is 2.22. The summed E-state index contributed by atoms with van der Waals surface area (Å²) in [6.07, 6.45) is -0.958. The summed E-state index contributed by atoms with van der Waals surface area (Å²) in [4.78, 5) is 36.6. The second-order valence-electron chi connectivity index (χ2n) is 5.94. The number of likely N-dealkylation sites (N-methyl/N-ethyl adjacent to an activating group) is 1. The van der Waals surface area contributed by atoms with Crippen LogP contribution in [0.2, 0.25) is 5.02 Å². The number of amidine groups is 2. The molecule has 1 N–H and O–H groups in total. The predicted molar refractivity (Wildman–Crippen MR) is 89.5 cm³/mol. The van der Waals surface area contributed by atoms with E-state index in [-0.39, 0.29) is 18.5 Å². The van der Waals surface area contributed by atoms with Gasteiger partial charge in [0.1, 0.15) is 6.54 Å². The average Bonchev–Trinajstić information content (AvgIpc) is 2.88. The minimum atomic E-state index is -0.958. The summed E-state index contributed by atoms with van der Waals surface area (Å²) >= 11 is 6.05. The first kappa shape index (κ1) is 14.9. The minimum Gasteiger partial charge on any atom is -0.465 e. The molecule has 124 valence electrons. The maximum Gasteiger partial charge on any atom is 0.407 e. The van der Waals surface area contributed by atoms with Gasteiger partial charge < -0.3 is 19.8 Å². The summed E-state index contributed by atoms with van der Waals surface area (Å²) in [6, 6.07) is 5.22. The number of fused-ring (bicyclic) bond motifs is 3. The summed E-state index contributed by atoms with van der Waals surface area (Å²) < 4.78 is 0. The standard InChI is InChI=1S/C15H14ClN5O3/c1-19(15(23)24)9-5-20(6-9)13-14-18-12(22)7-21(14)11-4-8(16)2-3-10(11)17-13/h2-4,9H,5-7H2,1H3,(H,23,24). The van der Waals surface area contributed by atoms with Gasteiger partial charge in [0.15, 0.2) is 11.7 Å². The van der Waals surface area contributed by atoms with E-state index in [1.165, 1.54) is 4.90 Å². The maximum absolute atomic E-state index is 11.8. The predicted octanol–water partition coefficient (Wildman–Crippen LogP) is 1.42. The van der Waals surface area contributed by atoms with Crippen LogP contribution in [0, 0.1) is 0 Å². The number of aliphatic imine (C=N–C) groups is 2. The molecule has 24 heavy (non-hydrogen) atoms. The molecule has 2 amide bonds. The largest absolute Gasteiger partial charge is 0.465 e. The number of likely N-dealkylation sites (tertiary alicyclic amines) is 1. The van der Waals surface area contributed by atoms with E-state index in [2.05, 4.69) is 9.98 Å². The fraction of sp³-hybridized carbons (Fsp3) is 0.333. The number of benzene rings is 1. The van der Waals surface area contributed by atoms with Crippen molar-refractivity contribution in [1.29, 1.82) is 0 Å². The number of hydrogen-bond acceptors (Lipinski definition) is 5. The van der Waals surface area contributed by atoms with Gasteiger partial charge in [-0.3, -0.25) is 4.79 Å². The minimum absolute atomic E-state index is 0.0945. The van der Waals surface area contributed by atoms with E-state index >= 15 is 0 Å². The van der Waals surface area contributed by atoms with Gasteiger partial charge in [-0.25, -0.2) is 9.79 Å². The second kappa shape index (κ2) is 5.20. The summed E-state index contributed by atoms with van der Waals surface area (Å²) in [5, 5.41) is 9.61. The zero-order valence-corrected chi connectivity index (χ0v) is 13.6. The Balaban J connectivity index is 1.66. The molecule has 0 bridgehead atoms. The smallest absolute Gasteiger partial charge is 0.407 e. The summed E-state index contributed by atoms with van der Waals surface area (Å²) in [6.45, 7) is 1.20. The van der Waals surface area contributed by atoms with Gasteiger partial charge in [0, 0.05) is 25.2 Å². The highest BCUT2D eigenvalue weighted by molar-refractivity contribution is 6.50. The van der Waals surface area contributed by atoms with Crippen LogP contribution in [0.25, 0.3) is 0 Å². The van der Waals surface area contributed by atoms with Gasteiger partial charge in [0.2, 0.25) is 0 Å². The lowest BCUT2D eigenvalue weighted by Gasteiger charge is -2.45. The van der Waals surface area contributed by atoms with Crippen LogP contribution in [-0.2, 0) is 4.79 Å². The van der Waals surface area contributed by atoms with Crippen molar-refractivity contribution in [1.82, 2.24) is 9.80 Å². The number of rotatable bonds is 1. The van der Waals surface area contributed by atoms with Crippen LogP contribution in [0.5, 0.6) is 0 Å². The first-order chi connectivity index (χ1) is 11.4. The van der Waals surface area contributed by atoms with Crippen LogP contribution in [0.3, 0.4) is 0 Å². The van der Waals surface area contributed by atoms with Crippen LogP contribution >= 0.6 is 11.6 Å². The van der Waals surface area contributed by atoms with Gasteiger partial charge in [-0.1, -0.05) is 11.6 Å². The quantitative estimate of drug-likeness (QED) is 0.830. The van der Waals surface area contributed by atoms with E-state index < -0.39 is 6.09 Å². The van der Waals surface area contributed by atoms with Crippen molar-refractivity contribution in [2.75, 3.05) is 31.6 Å². The lowest BCUT2D eigenvalue weighted by atomic mass is 10.1. The molecular formula is C15H14ClN5O3. The number of carbonyl (C=O) groups excluding carboxylic acids is 1. The van der Waals surface area contributed by atoms with Crippen molar-refractivity contribution in [3.8, 4) is 0 Å². The van der Waals surface area contributed by atoms with Gasteiger partial charge in [0.25, 0.3) is 5.91 Å². The molecule has 0 aromatic heterocycles. The van der Waals surface area contributed by atoms with E-state index in [0.717, 1.165) is 11.4 Å². The van der Waals surface area contributed by atoms with Gasteiger partial charge in [-0.2, -0.15) is 4.99 Å². The van der Waals surface area contributed by atoms with E-state index in [1.807, 2.05) is 4.90 Å². The lowest BCUT2D eigenvalue weighted by molar-refractivity contribution is -0.115. The number of carboxylic acid groups (broad SMARTS) is 1. The van der Waals surface area contributed by atoms with Gasteiger partial charge in [-0.05, 0) is 18.2 Å². The van der Waals surface area contributed by atoms with Crippen molar-refractivity contribution in [3.05, 3.63) is 23.2 Å². The number of anilines is 1. The highest BCUT2D eigenvalue weighted by Gasteiger charge is 2.41. The summed E-state index contributed by atoms with van der Waals surface area (Å²) in [5.41, 5.74) is 1.48. The van der Waals surface area contributed by atoms with Crippen LogP contribution in [0.1, 0.15) is 0 Å². The van der Waals surface area contributed by atoms with Gasteiger partial charge in [0.05, 0.1) is 17.4 Å². The molecule has 0 unspecified atom stereocenters. The van der Waals surface area contributed by atoms with Crippen molar-refractivity contribution >= 4 is 46.6 Å². The van der Waals surface area contributed by atoms with E-state index in [0.29, 0.717) is 29.8 Å². The number of carbonyl (C=O) groups is 2. The van der Waals surface area contributed by atoms with E-state index in [4.69, 9.17) is 16.7 Å². The van der Waals surface area contributed by atoms with Crippen molar-refractivity contribution in [2.24, 2.45) is 9.98 Å². The molecule has 0 aliphatic carbocycles. The number of halogens is 1. The fourth-order valence-electron chi connectivity index (χ4n) is 3.01. The van der Waals surface area contributed by atoms with Gasteiger partial charge >= 0.3 is 6.09 Å². The average molecular weight is 348 g/mol. The molecule has 1 aromatic rings. The van der Waals surface area contributed by atoms with Gasteiger partial charge in [-0.15, -0.1) is 0 Å². The normalized spacial score (nSPS) is 19.3. The Hall–Kier alpha value is -2.61. The molecule has 9 heteroatoms. The fourth-order valence-corrected chi connectivity index (χ4v) is 3.17. The molecule has 3 aliphatic rings. The molecule has 3 heterocycles. The Kier molecular flexibility index (Phi) is 3.24. The van der Waals surface area contributed by atoms with Crippen LogP contribution < -0.4 is 4.90 Å². The number of hydrogen-bond donors (Lipinski definition) is 1. The maximum atomic E-state index is 11.8. The Bertz CT molecular complexity index is 815. The molecule has 0 radical (unpaired) electrons. The zero-order chi connectivity index (χ0) is 17.0. The highest BCUT2D eigenvalue weighted by atomic mass is 35.5. The van der Waals surface area contributed by atoms with Crippen LogP contribution in [0.15, 0.2) is 28.2 Å². The molecule has 3 aliphatic heterocycles. The molecule has 1 fully saturated rings. The van der Waals surface area contributed by atoms with Crippen LogP contribution in [-0.4, -0.2) is 71.3 Å². The molecule has 0 saturated carbocycles. The lowest BCUT2D eigenvalue weighted by Crippen LogP contribution is -2.63. The second-order valence-corrected chi connectivity index (χ2v) is 6.37. The van der Waals surface area contributed by atoms with Crippen molar-refractivity contribution < 1.29 is 14.7 Å². The first-order valence-electron chi connectivity index (χ1n) is 7.42. The zero-order valence-electron chi connectivity index (χ0n) is 12.8. The summed E-state index contributed by atoms with van der Waals surface area (Å²) in [7, 11) is 1.55. The Morgan fingerprint density at radius 1 is 1.33 bits per heavy atom. The topological polar surface area (TPSA) is 88.8 Å². The van der Waals surface area contributed by atoms with E-state index in [9.17, 15) is 9.59 Å². The SMILES string of the molecule is CN(C(=O)O)C1CN(C2=Nc3ccc(Cl)cc3N3CC(=O)N=C23)C1. The van der Waals surface area contributed by atoms with E-state index in [1.54, 1.807) is 30.1 Å². The Morgan fingerprint density at radius 2 is 2.08 bits per heavy atom. The third-order valence-corrected chi connectivity index (χ3v) is 4.68. The molecule has 0 atom stereocenters.